The number of amides is 1. The van der Waals surface area contributed by atoms with Crippen LogP contribution in [0.4, 0.5) is 0 Å². The van der Waals surface area contributed by atoms with Crippen molar-refractivity contribution in [1.82, 2.24) is 5.32 Å². The summed E-state index contributed by atoms with van der Waals surface area (Å²) in [4.78, 5) is 10.4. The lowest BCUT2D eigenvalue weighted by Gasteiger charge is -2.31. The SMILES string of the molecule is [CH]C(=O)NCC1(O)CCCCC1. The maximum atomic E-state index is 10.4. The zero-order valence-electron chi connectivity index (χ0n) is 7.18. The summed E-state index contributed by atoms with van der Waals surface area (Å²) in [5.74, 6) is -0.561. The lowest BCUT2D eigenvalue weighted by Crippen LogP contribution is -2.43. The van der Waals surface area contributed by atoms with E-state index in [4.69, 9.17) is 6.92 Å². The Morgan fingerprint density at radius 2 is 2.00 bits per heavy atom. The van der Waals surface area contributed by atoms with E-state index >= 15 is 0 Å². The standard InChI is InChI=1S/C9H15NO2/c1-8(11)10-7-9(12)5-3-2-4-6-9/h1,12H,2-7H2,(H,10,11). The molecule has 0 spiro atoms. The molecule has 1 amide bonds. The molecule has 68 valence electrons. The molecular formula is C9H15NO2. The Hall–Kier alpha value is -0.570. The number of carbonyl (C=O) groups is 1. The molecule has 2 N–H and O–H groups in total. The molecule has 0 saturated heterocycles. The van der Waals surface area contributed by atoms with Crippen LogP contribution < -0.4 is 5.32 Å². The lowest BCUT2D eigenvalue weighted by molar-refractivity contribution is -0.118. The Morgan fingerprint density at radius 3 is 2.50 bits per heavy atom. The predicted molar refractivity (Wildman–Crippen MR) is 45.3 cm³/mol. The van der Waals surface area contributed by atoms with Crippen molar-refractivity contribution in [2.24, 2.45) is 0 Å². The summed E-state index contributed by atoms with van der Waals surface area (Å²) < 4.78 is 0. The van der Waals surface area contributed by atoms with Crippen molar-refractivity contribution in [2.45, 2.75) is 37.7 Å². The van der Waals surface area contributed by atoms with Crippen LogP contribution in [0.2, 0.25) is 0 Å². The van der Waals surface area contributed by atoms with Crippen LogP contribution in [-0.2, 0) is 4.79 Å². The van der Waals surface area contributed by atoms with Crippen molar-refractivity contribution in [3.05, 3.63) is 6.92 Å². The molecule has 12 heavy (non-hydrogen) atoms. The summed E-state index contributed by atoms with van der Waals surface area (Å²) >= 11 is 0. The van der Waals surface area contributed by atoms with Gasteiger partial charge in [-0.05, 0) is 12.8 Å². The normalized spacial score (nSPS) is 21.8. The molecule has 1 rings (SSSR count). The van der Waals surface area contributed by atoms with E-state index in [9.17, 15) is 9.90 Å². The summed E-state index contributed by atoms with van der Waals surface area (Å²) in [6, 6.07) is 0. The number of nitrogens with one attached hydrogen (secondary N) is 1. The fraction of sp³-hybridized carbons (Fsp3) is 0.778. The highest BCUT2D eigenvalue weighted by Gasteiger charge is 2.28. The third-order valence-electron chi connectivity index (χ3n) is 2.38. The van der Waals surface area contributed by atoms with E-state index in [-0.39, 0.29) is 0 Å². The highest BCUT2D eigenvalue weighted by atomic mass is 16.3. The van der Waals surface area contributed by atoms with Gasteiger partial charge in [-0.3, -0.25) is 4.79 Å². The van der Waals surface area contributed by atoms with Crippen LogP contribution >= 0.6 is 0 Å². The second-order valence-corrected chi connectivity index (χ2v) is 3.50. The smallest absolute Gasteiger partial charge is 0.224 e. The minimum atomic E-state index is -0.701. The Balaban J connectivity index is 2.31. The summed E-state index contributed by atoms with van der Waals surface area (Å²) in [6.07, 6.45) is 4.80. The van der Waals surface area contributed by atoms with E-state index in [2.05, 4.69) is 5.32 Å². The first kappa shape index (κ1) is 9.52. The van der Waals surface area contributed by atoms with E-state index in [1.807, 2.05) is 0 Å². The number of rotatable bonds is 2. The fourth-order valence-corrected chi connectivity index (χ4v) is 1.64. The van der Waals surface area contributed by atoms with Crippen molar-refractivity contribution >= 4 is 5.91 Å². The minimum absolute atomic E-state index is 0.294. The van der Waals surface area contributed by atoms with E-state index in [1.54, 1.807) is 0 Å². The highest BCUT2D eigenvalue weighted by molar-refractivity contribution is 5.80. The lowest BCUT2D eigenvalue weighted by atomic mass is 9.85. The molecule has 0 aliphatic heterocycles. The maximum absolute atomic E-state index is 10.4. The third kappa shape index (κ3) is 2.81. The van der Waals surface area contributed by atoms with E-state index in [0.29, 0.717) is 6.54 Å². The minimum Gasteiger partial charge on any atom is -0.388 e. The van der Waals surface area contributed by atoms with Crippen molar-refractivity contribution in [3.8, 4) is 0 Å². The van der Waals surface area contributed by atoms with Crippen LogP contribution in [-0.4, -0.2) is 23.2 Å². The molecule has 0 heterocycles. The number of aliphatic hydroxyl groups is 1. The molecule has 1 fully saturated rings. The first-order valence-electron chi connectivity index (χ1n) is 4.38. The maximum Gasteiger partial charge on any atom is 0.224 e. The van der Waals surface area contributed by atoms with Crippen molar-refractivity contribution < 1.29 is 9.90 Å². The molecule has 1 aliphatic carbocycles. The molecule has 0 aromatic heterocycles. The average molecular weight is 169 g/mol. The quantitative estimate of drug-likeness (QED) is 0.632. The van der Waals surface area contributed by atoms with Gasteiger partial charge in [-0.2, -0.15) is 0 Å². The third-order valence-corrected chi connectivity index (χ3v) is 2.38. The van der Waals surface area contributed by atoms with Gasteiger partial charge >= 0.3 is 0 Å². The Bertz CT molecular complexity index is 162. The van der Waals surface area contributed by atoms with Gasteiger partial charge in [0.2, 0.25) is 5.91 Å². The molecule has 0 unspecified atom stereocenters. The summed E-state index contributed by atoms with van der Waals surface area (Å²) in [6.45, 7) is 5.20. The van der Waals surface area contributed by atoms with Gasteiger partial charge in [0.1, 0.15) is 0 Å². The second-order valence-electron chi connectivity index (χ2n) is 3.50. The molecule has 2 radical (unpaired) electrons. The summed E-state index contributed by atoms with van der Waals surface area (Å²) in [5, 5.41) is 12.3. The van der Waals surface area contributed by atoms with Gasteiger partial charge < -0.3 is 10.4 Å². The monoisotopic (exact) mass is 169 g/mol. The molecule has 0 atom stereocenters. The summed E-state index contributed by atoms with van der Waals surface area (Å²) in [5.41, 5.74) is -0.701. The van der Waals surface area contributed by atoms with Crippen molar-refractivity contribution in [2.75, 3.05) is 6.54 Å². The van der Waals surface area contributed by atoms with Crippen LogP contribution in [0, 0.1) is 6.92 Å². The number of hydrogen-bond acceptors (Lipinski definition) is 2. The molecule has 0 aromatic carbocycles. The molecular weight excluding hydrogens is 154 g/mol. The first-order chi connectivity index (χ1) is 5.62. The summed E-state index contributed by atoms with van der Waals surface area (Å²) in [7, 11) is 0. The van der Waals surface area contributed by atoms with E-state index < -0.39 is 11.5 Å². The van der Waals surface area contributed by atoms with Gasteiger partial charge in [0.15, 0.2) is 0 Å². The van der Waals surface area contributed by atoms with Gasteiger partial charge in [0.05, 0.1) is 12.5 Å². The highest BCUT2D eigenvalue weighted by Crippen LogP contribution is 2.27. The van der Waals surface area contributed by atoms with Gasteiger partial charge in [-0.15, -0.1) is 0 Å². The molecule has 3 nitrogen and oxygen atoms in total. The molecule has 0 aromatic rings. The van der Waals surface area contributed by atoms with Crippen LogP contribution in [0.25, 0.3) is 0 Å². The number of hydrogen-bond donors (Lipinski definition) is 2. The zero-order chi connectivity index (χ0) is 9.03. The van der Waals surface area contributed by atoms with Crippen LogP contribution in [0.3, 0.4) is 0 Å². The molecule has 1 aliphatic rings. The van der Waals surface area contributed by atoms with Crippen molar-refractivity contribution in [1.29, 1.82) is 0 Å². The Morgan fingerprint density at radius 1 is 1.42 bits per heavy atom. The molecule has 0 bridgehead atoms. The van der Waals surface area contributed by atoms with E-state index in [0.717, 1.165) is 25.7 Å². The van der Waals surface area contributed by atoms with Crippen LogP contribution in [0.5, 0.6) is 0 Å². The first-order valence-corrected chi connectivity index (χ1v) is 4.38. The topological polar surface area (TPSA) is 49.3 Å². The number of carbonyl (C=O) groups excluding carboxylic acids is 1. The van der Waals surface area contributed by atoms with Crippen LogP contribution in [0.15, 0.2) is 0 Å². The molecule has 3 heteroatoms. The Labute approximate surface area is 73.2 Å². The van der Waals surface area contributed by atoms with Gasteiger partial charge in [-0.25, -0.2) is 0 Å². The van der Waals surface area contributed by atoms with Gasteiger partial charge in [0.25, 0.3) is 0 Å². The zero-order valence-corrected chi connectivity index (χ0v) is 7.18. The predicted octanol–water partition coefficient (Wildman–Crippen LogP) is 0.509. The van der Waals surface area contributed by atoms with Crippen molar-refractivity contribution in [3.63, 3.8) is 0 Å². The van der Waals surface area contributed by atoms with Gasteiger partial charge in [-0.1, -0.05) is 19.3 Å². The Kier molecular flexibility index (Phi) is 3.09. The molecule has 1 saturated carbocycles. The second kappa shape index (κ2) is 3.90. The average Bonchev–Trinajstić information content (AvgIpc) is 2.03. The largest absolute Gasteiger partial charge is 0.388 e. The van der Waals surface area contributed by atoms with Crippen LogP contribution in [0.1, 0.15) is 32.1 Å². The van der Waals surface area contributed by atoms with E-state index in [1.165, 1.54) is 6.42 Å². The van der Waals surface area contributed by atoms with Gasteiger partial charge in [0, 0.05) is 6.54 Å². The fourth-order valence-electron chi connectivity index (χ4n) is 1.64.